The van der Waals surface area contributed by atoms with E-state index in [1.165, 1.54) is 22.3 Å². The highest BCUT2D eigenvalue weighted by Gasteiger charge is 2.25. The van der Waals surface area contributed by atoms with Crippen molar-refractivity contribution >= 4 is 39.8 Å². The van der Waals surface area contributed by atoms with Crippen molar-refractivity contribution in [2.75, 3.05) is 31.6 Å². The maximum absolute atomic E-state index is 12.4. The molecule has 7 heteroatoms. The molecule has 3 aromatic rings. The highest BCUT2D eigenvalue weighted by molar-refractivity contribution is 6.00. The predicted octanol–water partition coefficient (Wildman–Crippen LogP) is 4.02. The Hall–Kier alpha value is -3.74. The van der Waals surface area contributed by atoms with Crippen LogP contribution in [0.4, 0.5) is 11.5 Å². The minimum atomic E-state index is -0.209. The number of rotatable bonds is 3. The van der Waals surface area contributed by atoms with Crippen molar-refractivity contribution < 1.29 is 9.59 Å². The van der Waals surface area contributed by atoms with Crippen LogP contribution in [0.15, 0.2) is 42.6 Å². The molecule has 0 bridgehead atoms. The Morgan fingerprint density at radius 3 is 2.71 bits per heavy atom. The second kappa shape index (κ2) is 8.89. The van der Waals surface area contributed by atoms with Crippen molar-refractivity contribution in [1.82, 2.24) is 20.2 Å². The number of anilines is 2. The SMILES string of the molecule is CNC(=O)c1cc2cccnc2c(N2CCCc3cc(C4=CCN(C(C)=O)CC4)c(C)cc32)n1. The lowest BCUT2D eigenvalue weighted by molar-refractivity contribution is -0.128. The van der Waals surface area contributed by atoms with Gasteiger partial charge in [-0.05, 0) is 72.7 Å². The van der Waals surface area contributed by atoms with Crippen LogP contribution >= 0.6 is 0 Å². The maximum Gasteiger partial charge on any atom is 0.269 e. The van der Waals surface area contributed by atoms with Gasteiger partial charge in [-0.15, -0.1) is 0 Å². The lowest BCUT2D eigenvalue weighted by atomic mass is 9.90. The first-order chi connectivity index (χ1) is 16.5. The van der Waals surface area contributed by atoms with E-state index >= 15 is 0 Å². The third-order valence-electron chi connectivity index (χ3n) is 6.83. The highest BCUT2D eigenvalue weighted by atomic mass is 16.2. The maximum atomic E-state index is 12.4. The molecule has 0 fully saturated rings. The van der Waals surface area contributed by atoms with E-state index in [9.17, 15) is 9.59 Å². The minimum Gasteiger partial charge on any atom is -0.354 e. The van der Waals surface area contributed by atoms with Gasteiger partial charge in [0.1, 0.15) is 11.2 Å². The lowest BCUT2D eigenvalue weighted by Gasteiger charge is -2.33. The number of hydrogen-bond donors (Lipinski definition) is 1. The van der Waals surface area contributed by atoms with Crippen LogP contribution < -0.4 is 10.2 Å². The Morgan fingerprint density at radius 1 is 1.12 bits per heavy atom. The molecule has 0 aliphatic carbocycles. The first kappa shape index (κ1) is 22.1. The Balaban J connectivity index is 1.58. The second-order valence-corrected chi connectivity index (χ2v) is 8.98. The van der Waals surface area contributed by atoms with E-state index in [1.54, 1.807) is 26.2 Å². The van der Waals surface area contributed by atoms with Crippen molar-refractivity contribution in [3.63, 3.8) is 0 Å². The fourth-order valence-corrected chi connectivity index (χ4v) is 5.00. The summed E-state index contributed by atoms with van der Waals surface area (Å²) in [6.45, 7) is 6.02. The third-order valence-corrected chi connectivity index (χ3v) is 6.83. The Bertz CT molecular complexity index is 1330. The molecule has 0 atom stereocenters. The summed E-state index contributed by atoms with van der Waals surface area (Å²) in [5.41, 5.74) is 7.36. The van der Waals surface area contributed by atoms with E-state index in [4.69, 9.17) is 4.98 Å². The average Bonchev–Trinajstić information content (AvgIpc) is 2.87. The zero-order valence-corrected chi connectivity index (χ0v) is 19.9. The molecule has 5 rings (SSSR count). The molecule has 1 N–H and O–H groups in total. The van der Waals surface area contributed by atoms with Gasteiger partial charge in [-0.25, -0.2) is 4.98 Å². The van der Waals surface area contributed by atoms with Gasteiger partial charge >= 0.3 is 0 Å². The van der Waals surface area contributed by atoms with Crippen molar-refractivity contribution in [1.29, 1.82) is 0 Å². The van der Waals surface area contributed by atoms with Crippen molar-refractivity contribution in [2.45, 2.75) is 33.1 Å². The molecule has 0 saturated heterocycles. The van der Waals surface area contributed by atoms with Gasteiger partial charge < -0.3 is 15.1 Å². The van der Waals surface area contributed by atoms with Crippen LogP contribution in [-0.2, 0) is 11.2 Å². The molecule has 2 aliphatic rings. The molecule has 7 nitrogen and oxygen atoms in total. The summed E-state index contributed by atoms with van der Waals surface area (Å²) in [6.07, 6.45) is 6.81. The number of hydrogen-bond acceptors (Lipinski definition) is 5. The number of aryl methyl sites for hydroxylation is 2. The molecular weight excluding hydrogens is 426 g/mol. The molecule has 0 radical (unpaired) electrons. The summed E-state index contributed by atoms with van der Waals surface area (Å²) < 4.78 is 0. The predicted molar refractivity (Wildman–Crippen MR) is 134 cm³/mol. The normalized spacial score (nSPS) is 15.7. The second-order valence-electron chi connectivity index (χ2n) is 8.98. The van der Waals surface area contributed by atoms with E-state index in [-0.39, 0.29) is 11.8 Å². The van der Waals surface area contributed by atoms with Crippen molar-refractivity contribution in [2.24, 2.45) is 0 Å². The van der Waals surface area contributed by atoms with E-state index in [2.05, 4.69) is 40.3 Å². The summed E-state index contributed by atoms with van der Waals surface area (Å²) in [6, 6.07) is 10.2. The van der Waals surface area contributed by atoms with Gasteiger partial charge in [0.25, 0.3) is 5.91 Å². The largest absolute Gasteiger partial charge is 0.354 e. The zero-order valence-electron chi connectivity index (χ0n) is 19.9. The first-order valence-electron chi connectivity index (χ1n) is 11.8. The monoisotopic (exact) mass is 455 g/mol. The summed E-state index contributed by atoms with van der Waals surface area (Å²) in [4.78, 5) is 37.6. The number of amides is 2. The summed E-state index contributed by atoms with van der Waals surface area (Å²) >= 11 is 0. The van der Waals surface area contributed by atoms with Gasteiger partial charge in [0.15, 0.2) is 5.82 Å². The molecule has 2 aromatic heterocycles. The molecule has 2 amide bonds. The van der Waals surface area contributed by atoms with Crippen LogP contribution in [0.5, 0.6) is 0 Å². The van der Waals surface area contributed by atoms with E-state index < -0.39 is 0 Å². The number of nitrogens with zero attached hydrogens (tertiary/aromatic N) is 4. The number of carbonyl (C=O) groups excluding carboxylic acids is 2. The summed E-state index contributed by atoms with van der Waals surface area (Å²) in [5, 5.41) is 3.58. The molecule has 1 aromatic carbocycles. The van der Waals surface area contributed by atoms with Crippen LogP contribution in [0.25, 0.3) is 16.5 Å². The van der Waals surface area contributed by atoms with Crippen LogP contribution in [0, 0.1) is 6.92 Å². The van der Waals surface area contributed by atoms with Gasteiger partial charge in [-0.1, -0.05) is 12.1 Å². The summed E-state index contributed by atoms with van der Waals surface area (Å²) in [7, 11) is 1.62. The molecule has 2 aliphatic heterocycles. The van der Waals surface area contributed by atoms with E-state index in [1.807, 2.05) is 17.0 Å². The molecular formula is C27H29N5O2. The highest BCUT2D eigenvalue weighted by Crippen LogP contribution is 2.39. The van der Waals surface area contributed by atoms with Gasteiger partial charge in [0.2, 0.25) is 5.91 Å². The number of pyridine rings is 2. The molecule has 0 spiro atoms. The third kappa shape index (κ3) is 3.91. The molecule has 4 heterocycles. The Kier molecular flexibility index (Phi) is 5.77. The van der Waals surface area contributed by atoms with Crippen molar-refractivity contribution in [3.05, 3.63) is 65.0 Å². The topological polar surface area (TPSA) is 78.4 Å². The molecule has 0 saturated carbocycles. The standard InChI is InChI=1S/C27H29N5O2/c1-17-14-24-20(15-22(17)19-8-12-31(13-9-19)18(2)33)7-5-11-32(24)26-25-21(6-4-10-29-25)16-23(30-26)27(34)28-3/h4,6,8,10,14-16H,5,7,9,11-13H2,1-3H3,(H,28,34). The van der Waals surface area contributed by atoms with E-state index in [0.29, 0.717) is 12.2 Å². The van der Waals surface area contributed by atoms with Gasteiger partial charge in [-0.2, -0.15) is 0 Å². The van der Waals surface area contributed by atoms with Gasteiger partial charge in [-0.3, -0.25) is 14.6 Å². The fourth-order valence-electron chi connectivity index (χ4n) is 5.00. The van der Waals surface area contributed by atoms with Gasteiger partial charge in [0, 0.05) is 50.9 Å². The zero-order chi connectivity index (χ0) is 23.8. The Morgan fingerprint density at radius 2 is 1.97 bits per heavy atom. The number of fused-ring (bicyclic) bond motifs is 2. The smallest absolute Gasteiger partial charge is 0.269 e. The van der Waals surface area contributed by atoms with Crippen LogP contribution in [-0.4, -0.2) is 53.4 Å². The van der Waals surface area contributed by atoms with E-state index in [0.717, 1.165) is 54.8 Å². The van der Waals surface area contributed by atoms with Gasteiger partial charge in [0.05, 0.1) is 0 Å². The van der Waals surface area contributed by atoms with Crippen LogP contribution in [0.2, 0.25) is 0 Å². The molecule has 0 unspecified atom stereocenters. The average molecular weight is 456 g/mol. The number of nitrogens with one attached hydrogen (secondary N) is 1. The fraction of sp³-hybridized carbons (Fsp3) is 0.333. The van der Waals surface area contributed by atoms with Crippen LogP contribution in [0.3, 0.4) is 0 Å². The first-order valence-corrected chi connectivity index (χ1v) is 11.8. The quantitative estimate of drug-likeness (QED) is 0.646. The Labute approximate surface area is 199 Å². The number of carbonyl (C=O) groups is 2. The van der Waals surface area contributed by atoms with Crippen molar-refractivity contribution in [3.8, 4) is 0 Å². The summed E-state index contributed by atoms with van der Waals surface area (Å²) in [5.74, 6) is 0.638. The molecule has 174 valence electrons. The number of benzene rings is 1. The number of aromatic nitrogens is 2. The minimum absolute atomic E-state index is 0.125. The molecule has 34 heavy (non-hydrogen) atoms. The van der Waals surface area contributed by atoms with Crippen LogP contribution in [0.1, 0.15) is 46.9 Å². The lowest BCUT2D eigenvalue weighted by Crippen LogP contribution is -2.32.